The van der Waals surface area contributed by atoms with E-state index in [-0.39, 0.29) is 23.7 Å². The van der Waals surface area contributed by atoms with E-state index >= 15 is 0 Å². The summed E-state index contributed by atoms with van der Waals surface area (Å²) in [5, 5.41) is 21.8. The summed E-state index contributed by atoms with van der Waals surface area (Å²) in [5.41, 5.74) is 1.20. The van der Waals surface area contributed by atoms with Crippen LogP contribution < -0.4 is 0 Å². The molecule has 0 radical (unpaired) electrons. The van der Waals surface area contributed by atoms with Crippen LogP contribution in [0.15, 0.2) is 48.0 Å². The highest BCUT2D eigenvalue weighted by molar-refractivity contribution is 6.53. The van der Waals surface area contributed by atoms with Gasteiger partial charge in [0.25, 0.3) is 23.6 Å². The molecule has 3 fully saturated rings. The molecule has 0 aromatic heterocycles. The minimum atomic E-state index is -1.90. The Hall–Kier alpha value is -2.94. The number of rotatable bonds is 1. The predicted molar refractivity (Wildman–Crippen MR) is 125 cm³/mol. The molecule has 2 aromatic carbocycles. The number of fused-ring (bicyclic) bond motifs is 5. The first kappa shape index (κ1) is 22.5. The highest BCUT2D eigenvalue weighted by Crippen LogP contribution is 2.65. The van der Waals surface area contributed by atoms with Gasteiger partial charge in [0, 0.05) is 18.4 Å². The number of hydrogen-bond donors (Lipinski definition) is 2. The lowest BCUT2D eigenvalue weighted by Gasteiger charge is -2.51. The normalized spacial score (nSPS) is 36.4. The van der Waals surface area contributed by atoms with Crippen LogP contribution in [-0.4, -0.2) is 60.7 Å². The van der Waals surface area contributed by atoms with Crippen molar-refractivity contribution in [3.05, 3.63) is 53.6 Å². The quantitative estimate of drug-likeness (QED) is 0.261. The molecule has 2 aromatic rings. The Balaban J connectivity index is 1.65. The smallest absolute Gasteiger partial charge is 0.257 e. The second kappa shape index (κ2) is 7.06. The highest BCUT2D eigenvalue weighted by Gasteiger charge is 2.76. The number of aromatic hydroxyl groups is 1. The number of alkyl halides is 2. The standard InChI is InChI=1S/C25H20Cl2N2O6/c1-28-22(33)24(26)10-16-14(6-7-15-18(16)21(32)29(35)20(15)31)19(25(24,27)23(28)34)13-8-9-17(30)12-5-3-2-4-11(12)13/h2-6,8-9,15-16,18-19,30,35H,7,10H2,1H3. The van der Waals surface area contributed by atoms with Gasteiger partial charge in [0.1, 0.15) is 5.75 Å². The van der Waals surface area contributed by atoms with Crippen LogP contribution in [0.5, 0.6) is 5.75 Å². The highest BCUT2D eigenvalue weighted by atomic mass is 35.5. The third-order valence-electron chi connectivity index (χ3n) is 8.24. The fraction of sp³-hybridized carbons (Fsp3) is 0.360. The Morgan fingerprint density at radius 1 is 0.943 bits per heavy atom. The van der Waals surface area contributed by atoms with Crippen molar-refractivity contribution >= 4 is 57.6 Å². The van der Waals surface area contributed by atoms with E-state index in [4.69, 9.17) is 23.2 Å². The molecule has 0 bridgehead atoms. The van der Waals surface area contributed by atoms with Crippen LogP contribution in [0, 0.1) is 17.8 Å². The fourth-order valence-corrected chi connectivity index (χ4v) is 7.64. The maximum atomic E-state index is 13.6. The molecule has 8 nitrogen and oxygen atoms in total. The minimum absolute atomic E-state index is 0.0357. The molecular weight excluding hydrogens is 495 g/mol. The van der Waals surface area contributed by atoms with E-state index in [1.54, 1.807) is 36.4 Å². The minimum Gasteiger partial charge on any atom is -0.507 e. The van der Waals surface area contributed by atoms with E-state index < -0.39 is 57.0 Å². The van der Waals surface area contributed by atoms with Gasteiger partial charge >= 0.3 is 0 Å². The molecule has 2 saturated heterocycles. The first-order valence-electron chi connectivity index (χ1n) is 11.2. The third-order valence-corrected chi connectivity index (χ3v) is 9.65. The summed E-state index contributed by atoms with van der Waals surface area (Å²) in [5.74, 6) is -6.08. The van der Waals surface area contributed by atoms with Crippen molar-refractivity contribution in [2.24, 2.45) is 17.8 Å². The van der Waals surface area contributed by atoms with Crippen LogP contribution in [0.3, 0.4) is 0 Å². The van der Waals surface area contributed by atoms with Crippen molar-refractivity contribution in [3.63, 3.8) is 0 Å². The first-order valence-corrected chi connectivity index (χ1v) is 12.0. The van der Waals surface area contributed by atoms with E-state index in [1.165, 1.54) is 13.1 Å². The van der Waals surface area contributed by atoms with Crippen molar-refractivity contribution in [2.45, 2.75) is 28.5 Å². The number of hydroxylamine groups is 2. The Kier molecular flexibility index (Phi) is 4.54. The van der Waals surface area contributed by atoms with Crippen molar-refractivity contribution in [1.29, 1.82) is 0 Å². The molecule has 6 rings (SSSR count). The maximum absolute atomic E-state index is 13.6. The summed E-state index contributed by atoms with van der Waals surface area (Å²) in [4.78, 5) is 49.6. The predicted octanol–water partition coefficient (Wildman–Crippen LogP) is 2.92. The van der Waals surface area contributed by atoms with Crippen LogP contribution in [0.4, 0.5) is 0 Å². The monoisotopic (exact) mass is 514 g/mol. The number of carbonyl (C=O) groups excluding carboxylic acids is 4. The number of hydrogen-bond acceptors (Lipinski definition) is 6. The SMILES string of the molecule is CN1C(=O)C2(Cl)CC3C(=CCC4C(=O)N(O)C(=O)C43)C(c3ccc(O)c4ccccc34)C2(Cl)C1=O. The summed E-state index contributed by atoms with van der Waals surface area (Å²) in [6.45, 7) is 0. The van der Waals surface area contributed by atoms with Gasteiger partial charge < -0.3 is 5.11 Å². The number of amides is 4. The van der Waals surface area contributed by atoms with E-state index in [0.29, 0.717) is 21.9 Å². The Labute approximate surface area is 209 Å². The van der Waals surface area contributed by atoms with Gasteiger partial charge in [-0.25, -0.2) is 0 Å². The molecule has 2 heterocycles. The number of carbonyl (C=O) groups is 4. The number of imide groups is 2. The van der Waals surface area contributed by atoms with Crippen LogP contribution in [-0.2, 0) is 19.2 Å². The van der Waals surface area contributed by atoms with Gasteiger partial charge in [0.2, 0.25) is 0 Å². The molecule has 2 aliphatic carbocycles. The van der Waals surface area contributed by atoms with Crippen LogP contribution in [0.2, 0.25) is 0 Å². The summed E-state index contributed by atoms with van der Waals surface area (Å²) in [6.07, 6.45) is 1.82. The molecule has 1 saturated carbocycles. The number of benzene rings is 2. The van der Waals surface area contributed by atoms with Crippen LogP contribution in [0.25, 0.3) is 10.8 Å². The van der Waals surface area contributed by atoms with E-state index in [9.17, 15) is 29.5 Å². The van der Waals surface area contributed by atoms with Crippen molar-refractivity contribution in [1.82, 2.24) is 9.96 Å². The van der Waals surface area contributed by atoms with Crippen molar-refractivity contribution < 1.29 is 29.5 Å². The lowest BCUT2D eigenvalue weighted by molar-refractivity contribution is -0.173. The molecule has 180 valence electrons. The van der Waals surface area contributed by atoms with Crippen LogP contribution in [0.1, 0.15) is 24.3 Å². The second-order valence-electron chi connectivity index (χ2n) is 9.71. The molecule has 10 heteroatoms. The largest absolute Gasteiger partial charge is 0.507 e. The zero-order valence-electron chi connectivity index (χ0n) is 18.4. The van der Waals surface area contributed by atoms with Gasteiger partial charge in [-0.3, -0.25) is 29.3 Å². The number of phenols is 1. The van der Waals surface area contributed by atoms with Gasteiger partial charge in [-0.05, 0) is 35.8 Å². The Morgan fingerprint density at radius 3 is 2.34 bits per heavy atom. The zero-order chi connectivity index (χ0) is 25.0. The number of likely N-dealkylation sites (tertiary alicyclic amines) is 1. The average molecular weight is 515 g/mol. The van der Waals surface area contributed by atoms with E-state index in [2.05, 4.69) is 0 Å². The van der Waals surface area contributed by atoms with Crippen molar-refractivity contribution in [2.75, 3.05) is 7.05 Å². The molecule has 4 amide bonds. The summed E-state index contributed by atoms with van der Waals surface area (Å²) >= 11 is 14.2. The molecule has 6 atom stereocenters. The molecule has 0 spiro atoms. The topological polar surface area (TPSA) is 115 Å². The number of allylic oxidation sites excluding steroid dienone is 2. The first-order chi connectivity index (χ1) is 16.5. The van der Waals surface area contributed by atoms with E-state index in [1.807, 2.05) is 0 Å². The number of nitrogens with zero attached hydrogens (tertiary/aromatic N) is 2. The lowest BCUT2D eigenvalue weighted by atomic mass is 9.56. The van der Waals surface area contributed by atoms with Gasteiger partial charge in [0.15, 0.2) is 9.75 Å². The fourth-order valence-electron chi connectivity index (χ4n) is 6.63. The van der Waals surface area contributed by atoms with Gasteiger partial charge in [-0.15, -0.1) is 23.2 Å². The average Bonchev–Trinajstić information content (AvgIpc) is 3.15. The molecule has 2 aliphatic heterocycles. The lowest BCUT2D eigenvalue weighted by Crippen LogP contribution is -2.60. The summed E-state index contributed by atoms with van der Waals surface area (Å²) < 4.78 is 0. The molecule has 2 N–H and O–H groups in total. The Bertz CT molecular complexity index is 1410. The maximum Gasteiger partial charge on any atom is 0.257 e. The van der Waals surface area contributed by atoms with Crippen LogP contribution >= 0.6 is 23.2 Å². The van der Waals surface area contributed by atoms with Gasteiger partial charge in [-0.1, -0.05) is 42.0 Å². The second-order valence-corrected chi connectivity index (χ2v) is 10.9. The zero-order valence-corrected chi connectivity index (χ0v) is 20.0. The number of phenolic OH excluding ortho intramolecular Hbond substituents is 1. The molecule has 4 aliphatic rings. The Morgan fingerprint density at radius 2 is 1.63 bits per heavy atom. The molecular formula is C25H20Cl2N2O6. The molecule has 6 unspecified atom stereocenters. The third kappa shape index (κ3) is 2.52. The van der Waals surface area contributed by atoms with Gasteiger partial charge in [-0.2, -0.15) is 5.06 Å². The number of halogens is 2. The summed E-state index contributed by atoms with van der Waals surface area (Å²) in [7, 11) is 1.32. The summed E-state index contributed by atoms with van der Waals surface area (Å²) in [6, 6.07) is 10.2. The van der Waals surface area contributed by atoms with Crippen molar-refractivity contribution in [3.8, 4) is 5.75 Å². The van der Waals surface area contributed by atoms with E-state index in [0.717, 1.165) is 4.90 Å². The molecule has 35 heavy (non-hydrogen) atoms. The van der Waals surface area contributed by atoms with Gasteiger partial charge in [0.05, 0.1) is 11.8 Å².